The van der Waals surface area contributed by atoms with Crippen molar-refractivity contribution < 1.29 is 24.6 Å². The molecule has 150 valence electrons. The molecule has 0 unspecified atom stereocenters. The number of carbonyl (C=O) groups is 3. The SMILES string of the molecule is Cc1ccc(-c2ccc3n2C2(CCCC2)C(=O)C(C(=O)CCC(=O)O)=C3O)cc1. The summed E-state index contributed by atoms with van der Waals surface area (Å²) in [6.07, 6.45) is 2.22. The summed E-state index contributed by atoms with van der Waals surface area (Å²) in [5, 5.41) is 19.7. The minimum absolute atomic E-state index is 0.241. The van der Waals surface area contributed by atoms with Gasteiger partial charge >= 0.3 is 5.97 Å². The molecule has 1 saturated carbocycles. The van der Waals surface area contributed by atoms with E-state index in [4.69, 9.17) is 5.11 Å². The number of aliphatic carboxylic acids is 1. The first-order chi connectivity index (χ1) is 13.8. The third-order valence-electron chi connectivity index (χ3n) is 6.06. The van der Waals surface area contributed by atoms with Gasteiger partial charge in [-0.05, 0) is 37.5 Å². The van der Waals surface area contributed by atoms with Gasteiger partial charge < -0.3 is 14.8 Å². The molecule has 1 aromatic carbocycles. The fourth-order valence-electron chi connectivity index (χ4n) is 4.62. The van der Waals surface area contributed by atoms with E-state index in [0.29, 0.717) is 18.5 Å². The van der Waals surface area contributed by atoms with Crippen LogP contribution in [0.4, 0.5) is 0 Å². The lowest BCUT2D eigenvalue weighted by Crippen LogP contribution is -2.46. The van der Waals surface area contributed by atoms with E-state index in [1.807, 2.05) is 41.8 Å². The number of benzene rings is 1. The highest BCUT2D eigenvalue weighted by molar-refractivity contribution is 6.28. The van der Waals surface area contributed by atoms with Crippen LogP contribution in [-0.4, -0.2) is 32.3 Å². The molecular weight excluding hydrogens is 370 g/mol. The van der Waals surface area contributed by atoms with Crippen LogP contribution < -0.4 is 0 Å². The Morgan fingerprint density at radius 3 is 2.24 bits per heavy atom. The van der Waals surface area contributed by atoms with Crippen molar-refractivity contribution >= 4 is 23.3 Å². The number of aromatic nitrogens is 1. The Balaban J connectivity index is 1.88. The topological polar surface area (TPSA) is 96.6 Å². The molecule has 2 heterocycles. The largest absolute Gasteiger partial charge is 0.505 e. The van der Waals surface area contributed by atoms with Gasteiger partial charge in [0.1, 0.15) is 11.1 Å². The number of allylic oxidation sites excluding steroid dienone is 1. The Hall–Kier alpha value is -3.15. The van der Waals surface area contributed by atoms with E-state index in [-0.39, 0.29) is 30.0 Å². The smallest absolute Gasteiger partial charge is 0.303 e. The van der Waals surface area contributed by atoms with E-state index >= 15 is 0 Å². The third-order valence-corrected chi connectivity index (χ3v) is 6.06. The van der Waals surface area contributed by atoms with Crippen LogP contribution in [-0.2, 0) is 19.9 Å². The summed E-state index contributed by atoms with van der Waals surface area (Å²) in [5.74, 6) is -2.45. The average Bonchev–Trinajstić information content (AvgIpc) is 3.34. The van der Waals surface area contributed by atoms with Crippen molar-refractivity contribution in [2.24, 2.45) is 0 Å². The van der Waals surface area contributed by atoms with Gasteiger partial charge in [-0.25, -0.2) is 0 Å². The Labute approximate surface area is 168 Å². The number of aryl methyl sites for hydroxylation is 1. The maximum Gasteiger partial charge on any atom is 0.303 e. The Morgan fingerprint density at radius 2 is 1.62 bits per heavy atom. The molecular formula is C23H23NO5. The van der Waals surface area contributed by atoms with Gasteiger partial charge in [-0.3, -0.25) is 14.4 Å². The summed E-state index contributed by atoms with van der Waals surface area (Å²) >= 11 is 0. The molecule has 1 aromatic heterocycles. The van der Waals surface area contributed by atoms with Crippen LogP contribution in [0.25, 0.3) is 17.0 Å². The molecule has 2 aliphatic rings. The van der Waals surface area contributed by atoms with Crippen molar-refractivity contribution in [2.75, 3.05) is 0 Å². The number of carbonyl (C=O) groups excluding carboxylic acids is 2. The minimum Gasteiger partial charge on any atom is -0.505 e. The van der Waals surface area contributed by atoms with Crippen LogP contribution in [0.1, 0.15) is 49.8 Å². The van der Waals surface area contributed by atoms with Crippen LogP contribution in [0.3, 0.4) is 0 Å². The Kier molecular flexibility index (Phi) is 4.65. The first-order valence-corrected chi connectivity index (χ1v) is 9.88. The lowest BCUT2D eigenvalue weighted by atomic mass is 9.80. The quantitative estimate of drug-likeness (QED) is 0.748. The molecule has 1 aliphatic heterocycles. The zero-order chi connectivity index (χ0) is 20.8. The highest BCUT2D eigenvalue weighted by Gasteiger charge is 2.51. The average molecular weight is 393 g/mol. The van der Waals surface area contributed by atoms with Gasteiger partial charge in [-0.1, -0.05) is 42.7 Å². The standard InChI is InChI=1S/C23H23NO5/c1-14-4-6-15(7-5-14)16-8-9-17-21(28)20(18(25)10-11-19(26)27)22(29)23(24(16)17)12-2-3-13-23/h4-9,28H,2-3,10-13H2,1H3,(H,26,27). The number of hydrogen-bond donors (Lipinski definition) is 2. The molecule has 29 heavy (non-hydrogen) atoms. The van der Waals surface area contributed by atoms with Gasteiger partial charge in [-0.15, -0.1) is 0 Å². The van der Waals surface area contributed by atoms with Crippen LogP contribution in [0, 0.1) is 6.92 Å². The zero-order valence-electron chi connectivity index (χ0n) is 16.3. The number of aliphatic hydroxyl groups excluding tert-OH is 1. The molecule has 1 spiro atoms. The number of rotatable bonds is 5. The molecule has 0 radical (unpaired) electrons. The lowest BCUT2D eigenvalue weighted by Gasteiger charge is -2.37. The summed E-state index contributed by atoms with van der Waals surface area (Å²) < 4.78 is 1.90. The molecule has 0 atom stereocenters. The fraction of sp³-hybridized carbons (Fsp3) is 0.348. The number of aliphatic hydroxyl groups is 1. The van der Waals surface area contributed by atoms with Crippen molar-refractivity contribution in [3.05, 3.63) is 53.2 Å². The molecule has 2 aromatic rings. The van der Waals surface area contributed by atoms with Crippen LogP contribution in [0.5, 0.6) is 0 Å². The first kappa shape index (κ1) is 19.2. The normalized spacial score (nSPS) is 17.6. The number of carboxylic acids is 1. The molecule has 6 nitrogen and oxygen atoms in total. The predicted octanol–water partition coefficient (Wildman–Crippen LogP) is 4.02. The van der Waals surface area contributed by atoms with Crippen molar-refractivity contribution in [1.82, 2.24) is 4.57 Å². The van der Waals surface area contributed by atoms with Crippen molar-refractivity contribution in [1.29, 1.82) is 0 Å². The molecule has 0 bridgehead atoms. The van der Waals surface area contributed by atoms with Crippen molar-refractivity contribution in [2.45, 2.75) is 51.0 Å². The lowest BCUT2D eigenvalue weighted by molar-refractivity contribution is -0.138. The van der Waals surface area contributed by atoms with Crippen LogP contribution in [0.2, 0.25) is 0 Å². The molecule has 0 amide bonds. The summed E-state index contributed by atoms with van der Waals surface area (Å²) in [6, 6.07) is 11.6. The number of nitrogens with zero attached hydrogens (tertiary/aromatic N) is 1. The van der Waals surface area contributed by atoms with E-state index < -0.39 is 17.3 Å². The van der Waals surface area contributed by atoms with Gasteiger partial charge in [0.15, 0.2) is 17.3 Å². The van der Waals surface area contributed by atoms with Crippen LogP contribution >= 0.6 is 0 Å². The maximum atomic E-state index is 13.5. The predicted molar refractivity (Wildman–Crippen MR) is 107 cm³/mol. The van der Waals surface area contributed by atoms with Crippen molar-refractivity contribution in [3.63, 3.8) is 0 Å². The number of fused-ring (bicyclic) bond motifs is 2. The molecule has 0 saturated heterocycles. The third kappa shape index (κ3) is 2.99. The van der Waals surface area contributed by atoms with Crippen molar-refractivity contribution in [3.8, 4) is 11.3 Å². The number of Topliss-reactive ketones (excluding diaryl/α,β-unsaturated/α-hetero) is 2. The molecule has 2 N–H and O–H groups in total. The summed E-state index contributed by atoms with van der Waals surface area (Å²) in [7, 11) is 0. The second kappa shape index (κ2) is 7.03. The van der Waals surface area contributed by atoms with E-state index in [0.717, 1.165) is 29.7 Å². The Morgan fingerprint density at radius 1 is 1.00 bits per heavy atom. The monoisotopic (exact) mass is 393 g/mol. The first-order valence-electron chi connectivity index (χ1n) is 9.88. The second-order valence-corrected chi connectivity index (χ2v) is 7.91. The Bertz CT molecular complexity index is 1040. The molecule has 6 heteroatoms. The second-order valence-electron chi connectivity index (χ2n) is 7.91. The van der Waals surface area contributed by atoms with Gasteiger partial charge in [0.25, 0.3) is 0 Å². The minimum atomic E-state index is -1.11. The van der Waals surface area contributed by atoms with E-state index in [2.05, 4.69) is 0 Å². The van der Waals surface area contributed by atoms with Gasteiger partial charge in [0.2, 0.25) is 0 Å². The fourth-order valence-corrected chi connectivity index (χ4v) is 4.62. The summed E-state index contributed by atoms with van der Waals surface area (Å²) in [4.78, 5) is 37.1. The van der Waals surface area contributed by atoms with Gasteiger partial charge in [0.05, 0.1) is 12.1 Å². The zero-order valence-corrected chi connectivity index (χ0v) is 16.3. The van der Waals surface area contributed by atoms with E-state index in [9.17, 15) is 19.5 Å². The summed E-state index contributed by atoms with van der Waals surface area (Å²) in [5.41, 5.74) is 2.20. The number of hydrogen-bond acceptors (Lipinski definition) is 4. The highest BCUT2D eigenvalue weighted by Crippen LogP contribution is 2.48. The van der Waals surface area contributed by atoms with Gasteiger partial charge in [-0.2, -0.15) is 0 Å². The van der Waals surface area contributed by atoms with E-state index in [1.165, 1.54) is 0 Å². The van der Waals surface area contributed by atoms with Crippen LogP contribution in [0.15, 0.2) is 42.0 Å². The summed E-state index contributed by atoms with van der Waals surface area (Å²) in [6.45, 7) is 2.00. The number of ketones is 2. The molecule has 1 aliphatic carbocycles. The molecule has 4 rings (SSSR count). The van der Waals surface area contributed by atoms with Gasteiger partial charge in [0, 0.05) is 12.1 Å². The maximum absolute atomic E-state index is 13.5. The molecule has 1 fully saturated rings. The van der Waals surface area contributed by atoms with E-state index in [1.54, 1.807) is 6.07 Å². The highest BCUT2D eigenvalue weighted by atomic mass is 16.4. The number of carboxylic acid groups (broad SMARTS) is 1.